The summed E-state index contributed by atoms with van der Waals surface area (Å²) >= 11 is 7.91. The number of nitrogens with zero attached hydrogens (tertiary/aromatic N) is 2. The Morgan fingerprint density at radius 1 is 1.40 bits per heavy atom. The number of anilines is 1. The molecule has 0 fully saturated rings. The zero-order valence-electron chi connectivity index (χ0n) is 5.52. The summed E-state index contributed by atoms with van der Waals surface area (Å²) in [4.78, 5) is 4.05. The van der Waals surface area contributed by atoms with Gasteiger partial charge in [-0.1, -0.05) is 31.7 Å². The van der Waals surface area contributed by atoms with Gasteiger partial charge in [0.25, 0.3) is 0 Å². The summed E-state index contributed by atoms with van der Waals surface area (Å²) in [5.41, 5.74) is 1.13. The van der Waals surface area contributed by atoms with Gasteiger partial charge in [-0.15, -0.1) is 0 Å². The quantitative estimate of drug-likeness (QED) is 0.629. The van der Waals surface area contributed by atoms with E-state index in [0.717, 1.165) is 11.4 Å². The van der Waals surface area contributed by atoms with Crippen LogP contribution in [0.25, 0.3) is 0 Å². The second kappa shape index (κ2) is 3.16. The topological polar surface area (TPSA) is 16.1 Å². The van der Waals surface area contributed by atoms with Gasteiger partial charge in [0.05, 0.1) is 0 Å². The predicted octanol–water partition coefficient (Wildman–Crippen LogP) is 1.89. The highest BCUT2D eigenvalue weighted by Gasteiger charge is 1.94. The summed E-state index contributed by atoms with van der Waals surface area (Å²) in [7, 11) is 0. The molecule has 0 amide bonds. The van der Waals surface area contributed by atoms with Gasteiger partial charge in [0.1, 0.15) is 5.82 Å². The lowest BCUT2D eigenvalue weighted by molar-refractivity contribution is 1.26. The molecule has 1 aromatic heterocycles. The number of hydrogen-bond acceptors (Lipinski definition) is 4. The molecule has 4 heteroatoms. The highest BCUT2D eigenvalue weighted by atomic mass is 32.2. The number of hydrogen-bond donors (Lipinski definition) is 2. The Bertz CT molecular complexity index is 207. The number of rotatable bonds is 1. The minimum absolute atomic E-state index is 0.734. The fraction of sp³-hybridized carbons (Fsp3) is 0.167. The Labute approximate surface area is 71.4 Å². The van der Waals surface area contributed by atoms with E-state index in [1.54, 1.807) is 6.20 Å². The van der Waals surface area contributed by atoms with Crippen LogP contribution in [0.2, 0.25) is 0 Å². The van der Waals surface area contributed by atoms with Crippen molar-refractivity contribution < 1.29 is 0 Å². The third kappa shape index (κ3) is 1.82. The fourth-order valence-corrected chi connectivity index (χ4v) is 0.815. The van der Waals surface area contributed by atoms with Crippen LogP contribution < -0.4 is 3.71 Å². The third-order valence-corrected chi connectivity index (χ3v) is 1.51. The molecule has 1 aromatic rings. The molecule has 2 nitrogen and oxygen atoms in total. The third-order valence-electron chi connectivity index (χ3n) is 1.10. The molecule has 54 valence electrons. The summed E-state index contributed by atoms with van der Waals surface area (Å²) in [6.07, 6.45) is 1.77. The number of aromatic nitrogens is 1. The lowest BCUT2D eigenvalue weighted by Crippen LogP contribution is -1.94. The van der Waals surface area contributed by atoms with Crippen molar-refractivity contribution in [2.24, 2.45) is 0 Å². The zero-order valence-corrected chi connectivity index (χ0v) is 7.31. The fourth-order valence-electron chi connectivity index (χ4n) is 0.578. The van der Waals surface area contributed by atoms with E-state index in [4.69, 9.17) is 0 Å². The van der Waals surface area contributed by atoms with Crippen LogP contribution >= 0.6 is 25.6 Å². The SMILES string of the molecule is Cc1ccc(N(S)S)nc1. The second-order valence-electron chi connectivity index (χ2n) is 1.98. The maximum absolute atomic E-state index is 4.05. The Morgan fingerprint density at radius 3 is 2.50 bits per heavy atom. The van der Waals surface area contributed by atoms with Gasteiger partial charge < -0.3 is 0 Å². The average molecular weight is 172 g/mol. The predicted molar refractivity (Wildman–Crippen MR) is 49.4 cm³/mol. The summed E-state index contributed by atoms with van der Waals surface area (Å²) in [6, 6.07) is 3.82. The first-order valence-corrected chi connectivity index (χ1v) is 3.60. The van der Waals surface area contributed by atoms with E-state index in [1.165, 1.54) is 3.71 Å². The van der Waals surface area contributed by atoms with Crippen LogP contribution in [-0.2, 0) is 0 Å². The molecule has 0 aliphatic heterocycles. The first kappa shape index (κ1) is 7.75. The molecule has 0 unspecified atom stereocenters. The van der Waals surface area contributed by atoms with Crippen molar-refractivity contribution in [1.29, 1.82) is 0 Å². The highest BCUT2D eigenvalue weighted by molar-refractivity contribution is 8.00. The van der Waals surface area contributed by atoms with Crippen molar-refractivity contribution in [3.05, 3.63) is 23.9 Å². The van der Waals surface area contributed by atoms with Crippen molar-refractivity contribution >= 4 is 31.4 Å². The Kier molecular flexibility index (Phi) is 2.45. The summed E-state index contributed by atoms with van der Waals surface area (Å²) in [5, 5.41) is 0. The van der Waals surface area contributed by atoms with Gasteiger partial charge in [-0.05, 0) is 18.6 Å². The molecule has 0 bridgehead atoms. The van der Waals surface area contributed by atoms with Crippen LogP contribution in [-0.4, -0.2) is 4.98 Å². The van der Waals surface area contributed by atoms with Crippen molar-refractivity contribution in [2.45, 2.75) is 6.92 Å². The Hall–Kier alpha value is -0.350. The maximum atomic E-state index is 4.05. The summed E-state index contributed by atoms with van der Waals surface area (Å²) < 4.78 is 1.37. The molecule has 0 aliphatic carbocycles. The molecule has 10 heavy (non-hydrogen) atoms. The van der Waals surface area contributed by atoms with Crippen molar-refractivity contribution in [1.82, 2.24) is 4.98 Å². The standard InChI is InChI=1S/C6H8N2S2/c1-5-2-3-6(7-4-5)8(9)10/h2-4,9-10H,1H3. The molecule has 0 aromatic carbocycles. The van der Waals surface area contributed by atoms with Crippen molar-refractivity contribution in [2.75, 3.05) is 3.71 Å². The van der Waals surface area contributed by atoms with Crippen LogP contribution in [0.4, 0.5) is 5.82 Å². The van der Waals surface area contributed by atoms with Gasteiger partial charge in [-0.3, -0.25) is 0 Å². The van der Waals surface area contributed by atoms with Gasteiger partial charge in [0, 0.05) is 6.20 Å². The van der Waals surface area contributed by atoms with Gasteiger partial charge in [0.15, 0.2) is 0 Å². The first-order chi connectivity index (χ1) is 4.70. The van der Waals surface area contributed by atoms with Crippen LogP contribution in [0.1, 0.15) is 5.56 Å². The van der Waals surface area contributed by atoms with Gasteiger partial charge >= 0.3 is 0 Å². The Balaban J connectivity index is 2.89. The van der Waals surface area contributed by atoms with E-state index in [9.17, 15) is 0 Å². The molecule has 0 aliphatic rings. The lowest BCUT2D eigenvalue weighted by Gasteiger charge is -2.06. The van der Waals surface area contributed by atoms with Gasteiger partial charge in [0.2, 0.25) is 0 Å². The molecule has 0 spiro atoms. The molecule has 0 atom stereocenters. The van der Waals surface area contributed by atoms with Gasteiger partial charge in [-0.2, -0.15) is 0 Å². The molecule has 1 rings (SSSR count). The van der Waals surface area contributed by atoms with E-state index in [-0.39, 0.29) is 0 Å². The minimum Gasteiger partial charge on any atom is -0.247 e. The van der Waals surface area contributed by atoms with Crippen molar-refractivity contribution in [3.8, 4) is 0 Å². The first-order valence-electron chi connectivity index (χ1n) is 2.80. The minimum atomic E-state index is 0.734. The van der Waals surface area contributed by atoms with Crippen LogP contribution in [0, 0.1) is 6.92 Å². The molecule has 0 saturated carbocycles. The molecule has 0 saturated heterocycles. The normalized spacial score (nSPS) is 9.50. The molecular formula is C6H8N2S2. The number of aryl methyl sites for hydroxylation is 1. The molecular weight excluding hydrogens is 164 g/mol. The van der Waals surface area contributed by atoms with E-state index in [0.29, 0.717) is 0 Å². The van der Waals surface area contributed by atoms with Crippen LogP contribution in [0.3, 0.4) is 0 Å². The largest absolute Gasteiger partial charge is 0.247 e. The van der Waals surface area contributed by atoms with Crippen LogP contribution in [0.15, 0.2) is 18.3 Å². The number of thiol groups is 2. The molecule has 0 radical (unpaired) electrons. The lowest BCUT2D eigenvalue weighted by atomic mass is 10.3. The van der Waals surface area contributed by atoms with E-state index in [2.05, 4.69) is 30.6 Å². The molecule has 1 heterocycles. The summed E-state index contributed by atoms with van der Waals surface area (Å²) in [5.74, 6) is 0.734. The zero-order chi connectivity index (χ0) is 7.56. The van der Waals surface area contributed by atoms with E-state index < -0.39 is 0 Å². The molecule has 0 N–H and O–H groups in total. The Morgan fingerprint density at radius 2 is 2.10 bits per heavy atom. The number of pyridine rings is 1. The monoisotopic (exact) mass is 172 g/mol. The maximum Gasteiger partial charge on any atom is 0.148 e. The summed E-state index contributed by atoms with van der Waals surface area (Å²) in [6.45, 7) is 1.98. The highest BCUT2D eigenvalue weighted by Crippen LogP contribution is 2.13. The van der Waals surface area contributed by atoms with E-state index in [1.807, 2.05) is 19.1 Å². The van der Waals surface area contributed by atoms with E-state index >= 15 is 0 Å². The second-order valence-corrected chi connectivity index (χ2v) is 3.10. The average Bonchev–Trinajstić information content (AvgIpc) is 1.88. The van der Waals surface area contributed by atoms with Crippen molar-refractivity contribution in [3.63, 3.8) is 0 Å². The van der Waals surface area contributed by atoms with Gasteiger partial charge in [-0.25, -0.2) is 8.69 Å². The van der Waals surface area contributed by atoms with Crippen LogP contribution in [0.5, 0.6) is 0 Å². The smallest absolute Gasteiger partial charge is 0.148 e.